The highest BCUT2D eigenvalue weighted by Crippen LogP contribution is 2.20. The highest BCUT2D eigenvalue weighted by molar-refractivity contribution is 6.31. The molecule has 1 amide bonds. The molecular weight excluding hydrogens is 280 g/mol. The van der Waals surface area contributed by atoms with Gasteiger partial charge in [-0.25, -0.2) is 15.8 Å². The van der Waals surface area contributed by atoms with E-state index in [9.17, 15) is 4.79 Å². The van der Waals surface area contributed by atoms with Crippen molar-refractivity contribution < 1.29 is 4.79 Å². The molecule has 0 bridgehead atoms. The van der Waals surface area contributed by atoms with E-state index in [0.717, 1.165) is 0 Å². The number of rotatable bonds is 3. The van der Waals surface area contributed by atoms with E-state index in [2.05, 4.69) is 20.7 Å². The summed E-state index contributed by atoms with van der Waals surface area (Å²) in [6.07, 6.45) is 2.58. The summed E-state index contributed by atoms with van der Waals surface area (Å²) in [7, 11) is 0. The Balaban J connectivity index is 2.23. The molecule has 100 valence electrons. The van der Waals surface area contributed by atoms with Gasteiger partial charge in [0.15, 0.2) is 5.82 Å². The van der Waals surface area contributed by atoms with E-state index in [-0.39, 0.29) is 5.69 Å². The Bertz CT molecular complexity index is 679. The number of nitrogen functional groups attached to an aromatic ring is 1. The molecule has 2 aromatic rings. The third kappa shape index (κ3) is 3.00. The highest BCUT2D eigenvalue weighted by Gasteiger charge is 2.11. The molecule has 0 radical (unpaired) electrons. The molecule has 0 unspecified atom stereocenters. The van der Waals surface area contributed by atoms with Crippen LogP contribution < -0.4 is 16.6 Å². The van der Waals surface area contributed by atoms with Crippen molar-refractivity contribution in [3.8, 4) is 6.07 Å². The quantitative estimate of drug-likeness (QED) is 0.582. The first-order valence-electron chi connectivity index (χ1n) is 5.43. The first-order valence-corrected chi connectivity index (χ1v) is 5.81. The minimum atomic E-state index is -0.500. The largest absolute Gasteiger partial charge is 0.319 e. The monoisotopic (exact) mass is 288 g/mol. The van der Waals surface area contributed by atoms with Gasteiger partial charge in [-0.15, -0.1) is 0 Å². The third-order valence-corrected chi connectivity index (χ3v) is 2.62. The van der Waals surface area contributed by atoms with Gasteiger partial charge in [0.05, 0.1) is 23.6 Å². The first kappa shape index (κ1) is 13.7. The van der Waals surface area contributed by atoms with E-state index in [0.29, 0.717) is 22.1 Å². The highest BCUT2D eigenvalue weighted by atomic mass is 35.5. The van der Waals surface area contributed by atoms with E-state index in [1.165, 1.54) is 24.5 Å². The fourth-order valence-electron chi connectivity index (χ4n) is 1.42. The Morgan fingerprint density at radius 2 is 2.15 bits per heavy atom. The number of hydrazine groups is 1. The molecule has 2 rings (SSSR count). The predicted octanol–water partition coefficient (Wildman–Crippen LogP) is 1.54. The van der Waals surface area contributed by atoms with Gasteiger partial charge in [0.1, 0.15) is 11.8 Å². The lowest BCUT2D eigenvalue weighted by atomic mass is 10.2. The molecule has 20 heavy (non-hydrogen) atoms. The number of aromatic nitrogens is 2. The molecule has 1 aromatic heterocycles. The number of carbonyl (C=O) groups is 1. The summed E-state index contributed by atoms with van der Waals surface area (Å²) in [5.74, 6) is 4.99. The van der Waals surface area contributed by atoms with Gasteiger partial charge in [0, 0.05) is 5.02 Å². The van der Waals surface area contributed by atoms with Gasteiger partial charge in [0.2, 0.25) is 0 Å². The number of halogens is 1. The van der Waals surface area contributed by atoms with Crippen LogP contribution in [0, 0.1) is 11.3 Å². The van der Waals surface area contributed by atoms with Crippen LogP contribution in [0.3, 0.4) is 0 Å². The third-order valence-electron chi connectivity index (χ3n) is 2.38. The van der Waals surface area contributed by atoms with Crippen LogP contribution in [-0.4, -0.2) is 15.9 Å². The second-order valence-corrected chi connectivity index (χ2v) is 4.12. The van der Waals surface area contributed by atoms with Gasteiger partial charge in [-0.2, -0.15) is 5.26 Å². The number of benzene rings is 1. The topological polar surface area (TPSA) is 117 Å². The number of nitrogens with one attached hydrogen (secondary N) is 2. The molecule has 0 fully saturated rings. The van der Waals surface area contributed by atoms with E-state index < -0.39 is 5.91 Å². The van der Waals surface area contributed by atoms with Crippen molar-refractivity contribution >= 4 is 29.0 Å². The molecule has 0 aliphatic carbocycles. The summed E-state index contributed by atoms with van der Waals surface area (Å²) in [5, 5.41) is 11.9. The Morgan fingerprint density at radius 1 is 1.35 bits per heavy atom. The lowest BCUT2D eigenvalue weighted by Crippen LogP contribution is -2.16. The number of amides is 1. The molecule has 7 nitrogen and oxygen atoms in total. The number of hydrogen-bond acceptors (Lipinski definition) is 6. The van der Waals surface area contributed by atoms with E-state index in [4.69, 9.17) is 22.7 Å². The molecule has 0 aliphatic rings. The van der Waals surface area contributed by atoms with Gasteiger partial charge < -0.3 is 10.7 Å². The van der Waals surface area contributed by atoms with Gasteiger partial charge >= 0.3 is 0 Å². The van der Waals surface area contributed by atoms with Crippen LogP contribution in [0.15, 0.2) is 30.6 Å². The number of nitrogens with zero attached hydrogens (tertiary/aromatic N) is 3. The predicted molar refractivity (Wildman–Crippen MR) is 74.0 cm³/mol. The van der Waals surface area contributed by atoms with Crippen molar-refractivity contribution in [1.82, 2.24) is 9.97 Å². The van der Waals surface area contributed by atoms with E-state index in [1.807, 2.05) is 6.07 Å². The minimum absolute atomic E-state index is 0.0906. The minimum Gasteiger partial charge on any atom is -0.319 e. The van der Waals surface area contributed by atoms with Crippen molar-refractivity contribution in [1.29, 1.82) is 5.26 Å². The molecule has 0 saturated carbocycles. The molecule has 1 aromatic carbocycles. The Labute approximate surface area is 119 Å². The summed E-state index contributed by atoms with van der Waals surface area (Å²) >= 11 is 5.83. The van der Waals surface area contributed by atoms with Gasteiger partial charge in [-0.3, -0.25) is 4.79 Å². The van der Waals surface area contributed by atoms with Crippen molar-refractivity contribution in [3.05, 3.63) is 46.9 Å². The van der Waals surface area contributed by atoms with Crippen LogP contribution in [-0.2, 0) is 0 Å². The lowest BCUT2D eigenvalue weighted by Gasteiger charge is -2.07. The summed E-state index contributed by atoms with van der Waals surface area (Å²) in [4.78, 5) is 19.7. The van der Waals surface area contributed by atoms with Crippen molar-refractivity contribution in [2.24, 2.45) is 5.84 Å². The number of nitriles is 1. The molecule has 1 heterocycles. The standard InChI is InChI=1S/C12H9ClN6O/c13-8-2-1-7(4-14)9(3-8)18-12(20)10-5-17-11(19-15)6-16-10/h1-3,5-6H,15H2,(H,17,19)(H,18,20). The SMILES string of the molecule is N#Cc1ccc(Cl)cc1NC(=O)c1cnc(NN)cn1. The van der Waals surface area contributed by atoms with Crippen LogP contribution in [0.5, 0.6) is 0 Å². The van der Waals surface area contributed by atoms with Crippen molar-refractivity contribution in [3.63, 3.8) is 0 Å². The van der Waals surface area contributed by atoms with Crippen LogP contribution in [0.25, 0.3) is 0 Å². The Kier molecular flexibility index (Phi) is 4.10. The Hall–Kier alpha value is -2.69. The normalized spacial score (nSPS) is 9.65. The second-order valence-electron chi connectivity index (χ2n) is 3.69. The van der Waals surface area contributed by atoms with Gasteiger partial charge in [-0.05, 0) is 18.2 Å². The number of anilines is 2. The smallest absolute Gasteiger partial charge is 0.275 e. The molecular formula is C12H9ClN6O. The summed E-state index contributed by atoms with van der Waals surface area (Å²) < 4.78 is 0. The van der Waals surface area contributed by atoms with E-state index in [1.54, 1.807) is 6.07 Å². The fourth-order valence-corrected chi connectivity index (χ4v) is 1.60. The molecule has 4 N–H and O–H groups in total. The molecule has 0 atom stereocenters. The van der Waals surface area contributed by atoms with Crippen LogP contribution in [0.1, 0.15) is 16.1 Å². The molecule has 0 saturated heterocycles. The van der Waals surface area contributed by atoms with Crippen molar-refractivity contribution in [2.45, 2.75) is 0 Å². The zero-order valence-corrected chi connectivity index (χ0v) is 10.8. The number of nitrogens with two attached hydrogens (primary N) is 1. The van der Waals surface area contributed by atoms with E-state index >= 15 is 0 Å². The average molecular weight is 289 g/mol. The van der Waals surface area contributed by atoms with Crippen LogP contribution >= 0.6 is 11.6 Å². The maximum absolute atomic E-state index is 12.0. The number of carbonyl (C=O) groups excluding carboxylic acids is 1. The summed E-state index contributed by atoms with van der Waals surface area (Å²) in [6.45, 7) is 0. The zero-order valence-electron chi connectivity index (χ0n) is 10.1. The Morgan fingerprint density at radius 3 is 2.75 bits per heavy atom. The molecule has 0 spiro atoms. The second kappa shape index (κ2) is 5.97. The van der Waals surface area contributed by atoms with Gasteiger partial charge in [-0.1, -0.05) is 11.6 Å². The van der Waals surface area contributed by atoms with Crippen LogP contribution in [0.4, 0.5) is 11.5 Å². The maximum Gasteiger partial charge on any atom is 0.275 e. The van der Waals surface area contributed by atoms with Gasteiger partial charge in [0.25, 0.3) is 5.91 Å². The van der Waals surface area contributed by atoms with Crippen LogP contribution in [0.2, 0.25) is 5.02 Å². The summed E-state index contributed by atoms with van der Waals surface area (Å²) in [6, 6.07) is 6.53. The molecule has 8 heteroatoms. The lowest BCUT2D eigenvalue weighted by molar-refractivity contribution is 0.102. The fraction of sp³-hybridized carbons (Fsp3) is 0. The average Bonchev–Trinajstić information content (AvgIpc) is 2.47. The maximum atomic E-state index is 12.0. The zero-order chi connectivity index (χ0) is 14.5. The van der Waals surface area contributed by atoms with Crippen molar-refractivity contribution in [2.75, 3.05) is 10.7 Å². The first-order chi connectivity index (χ1) is 9.63. The number of hydrogen-bond donors (Lipinski definition) is 3. The summed E-state index contributed by atoms with van der Waals surface area (Å²) in [5.41, 5.74) is 3.01. The molecule has 0 aliphatic heterocycles.